The van der Waals surface area contributed by atoms with Crippen molar-refractivity contribution in [2.24, 2.45) is 0 Å². The van der Waals surface area contributed by atoms with E-state index >= 15 is 0 Å². The van der Waals surface area contributed by atoms with Gasteiger partial charge in [-0.15, -0.1) is 0 Å². The van der Waals surface area contributed by atoms with Gasteiger partial charge in [-0.05, 0) is 31.6 Å². The molecule has 0 aliphatic rings. The average Bonchev–Trinajstić information content (AvgIpc) is 2.25. The van der Waals surface area contributed by atoms with Crippen LogP contribution in [0.1, 0.15) is 18.1 Å². The fourth-order valence-corrected chi connectivity index (χ4v) is 1.63. The summed E-state index contributed by atoms with van der Waals surface area (Å²) in [6, 6.07) is 3.89. The monoisotopic (exact) mass is 260 g/mol. The van der Waals surface area contributed by atoms with Crippen LogP contribution in [0, 0.1) is 0 Å². The third kappa shape index (κ3) is 3.73. The van der Waals surface area contributed by atoms with Crippen LogP contribution < -0.4 is 10.6 Å². The average molecular weight is 260 g/mol. The molecule has 18 heavy (non-hydrogen) atoms. The van der Waals surface area contributed by atoms with Crippen LogP contribution in [-0.2, 0) is 17.4 Å². The molecule has 0 radical (unpaired) electrons. The number of likely N-dealkylation sites (N-methyl/N-ethyl adjacent to an activating group) is 1. The van der Waals surface area contributed by atoms with Crippen LogP contribution in [0.4, 0.5) is 18.9 Å². The maximum Gasteiger partial charge on any atom is 0.418 e. The van der Waals surface area contributed by atoms with Crippen LogP contribution in [0.5, 0.6) is 0 Å². The molecule has 100 valence electrons. The van der Waals surface area contributed by atoms with Crippen molar-refractivity contribution >= 4 is 11.6 Å². The molecule has 0 saturated heterocycles. The van der Waals surface area contributed by atoms with E-state index in [0.717, 1.165) is 6.07 Å². The Morgan fingerprint density at radius 1 is 1.33 bits per heavy atom. The van der Waals surface area contributed by atoms with Gasteiger partial charge in [-0.2, -0.15) is 13.2 Å². The number of benzene rings is 1. The number of hydrogen-bond acceptors (Lipinski definition) is 2. The Morgan fingerprint density at radius 2 is 2.00 bits per heavy atom. The number of rotatable bonds is 4. The van der Waals surface area contributed by atoms with E-state index in [4.69, 9.17) is 0 Å². The molecule has 0 aromatic heterocycles. The highest BCUT2D eigenvalue weighted by Gasteiger charge is 2.34. The largest absolute Gasteiger partial charge is 0.418 e. The Kier molecular flexibility index (Phi) is 4.72. The van der Waals surface area contributed by atoms with Gasteiger partial charge in [0.25, 0.3) is 0 Å². The number of amides is 1. The lowest BCUT2D eigenvalue weighted by Crippen LogP contribution is -2.18. The van der Waals surface area contributed by atoms with E-state index in [9.17, 15) is 18.0 Å². The lowest BCUT2D eigenvalue weighted by molar-refractivity contribution is -0.137. The highest BCUT2D eigenvalue weighted by molar-refractivity contribution is 5.90. The van der Waals surface area contributed by atoms with Gasteiger partial charge >= 0.3 is 6.18 Å². The van der Waals surface area contributed by atoms with E-state index < -0.39 is 17.6 Å². The summed E-state index contributed by atoms with van der Waals surface area (Å²) in [5.74, 6) is -0.516. The van der Waals surface area contributed by atoms with Crippen LogP contribution >= 0.6 is 0 Å². The van der Waals surface area contributed by atoms with E-state index in [1.165, 1.54) is 13.0 Å². The second kappa shape index (κ2) is 5.86. The summed E-state index contributed by atoms with van der Waals surface area (Å²) < 4.78 is 38.5. The Hall–Kier alpha value is -1.56. The smallest absolute Gasteiger partial charge is 0.326 e. The minimum atomic E-state index is -4.48. The molecule has 0 spiro atoms. The number of carbonyl (C=O) groups excluding carboxylic acids is 1. The molecule has 0 aliphatic heterocycles. The normalized spacial score (nSPS) is 11.4. The van der Waals surface area contributed by atoms with Crippen LogP contribution in [0.25, 0.3) is 0 Å². The van der Waals surface area contributed by atoms with Crippen molar-refractivity contribution in [3.63, 3.8) is 0 Å². The fourth-order valence-electron chi connectivity index (χ4n) is 1.63. The van der Waals surface area contributed by atoms with Gasteiger partial charge in [-0.3, -0.25) is 4.79 Å². The third-order valence-corrected chi connectivity index (χ3v) is 2.40. The van der Waals surface area contributed by atoms with E-state index in [0.29, 0.717) is 18.5 Å². The Morgan fingerprint density at radius 3 is 2.50 bits per heavy atom. The summed E-state index contributed by atoms with van der Waals surface area (Å²) in [5, 5.41) is 5.13. The second-order valence-corrected chi connectivity index (χ2v) is 3.87. The van der Waals surface area contributed by atoms with E-state index in [1.807, 2.05) is 0 Å². The van der Waals surface area contributed by atoms with E-state index in [2.05, 4.69) is 10.6 Å². The number of halogens is 3. The van der Waals surface area contributed by atoms with Crippen molar-refractivity contribution in [3.8, 4) is 0 Å². The number of carbonyl (C=O) groups is 1. The zero-order valence-electron chi connectivity index (χ0n) is 10.2. The summed E-state index contributed by atoms with van der Waals surface area (Å²) in [7, 11) is 1.71. The standard InChI is InChI=1S/C12H15F3N2O/c1-8(18)17-11-9(6-7-16-2)4-3-5-10(11)12(13,14)15/h3-5,16H,6-7H2,1-2H3,(H,17,18). The van der Waals surface area contributed by atoms with Crippen molar-refractivity contribution in [1.29, 1.82) is 0 Å². The summed E-state index contributed by atoms with van der Waals surface area (Å²) in [4.78, 5) is 11.0. The first-order valence-corrected chi connectivity index (χ1v) is 5.47. The number of para-hydroxylation sites is 1. The number of alkyl halides is 3. The maximum absolute atomic E-state index is 12.8. The van der Waals surface area contributed by atoms with E-state index in [1.54, 1.807) is 13.1 Å². The van der Waals surface area contributed by atoms with Crippen LogP contribution in [0.3, 0.4) is 0 Å². The maximum atomic E-state index is 12.8. The van der Waals surface area contributed by atoms with Crippen LogP contribution in [0.15, 0.2) is 18.2 Å². The summed E-state index contributed by atoms with van der Waals surface area (Å²) >= 11 is 0. The Balaban J connectivity index is 3.21. The zero-order valence-corrected chi connectivity index (χ0v) is 10.2. The van der Waals surface area contributed by atoms with Crippen molar-refractivity contribution in [3.05, 3.63) is 29.3 Å². The first kappa shape index (κ1) is 14.5. The van der Waals surface area contributed by atoms with Gasteiger partial charge in [0.05, 0.1) is 11.3 Å². The predicted molar refractivity (Wildman–Crippen MR) is 63.4 cm³/mol. The number of nitrogens with one attached hydrogen (secondary N) is 2. The van der Waals surface area contributed by atoms with E-state index in [-0.39, 0.29) is 5.69 Å². The van der Waals surface area contributed by atoms with Gasteiger partial charge in [0.1, 0.15) is 0 Å². The van der Waals surface area contributed by atoms with Gasteiger partial charge in [-0.1, -0.05) is 12.1 Å². The van der Waals surface area contributed by atoms with Gasteiger partial charge in [-0.25, -0.2) is 0 Å². The molecule has 0 aliphatic carbocycles. The highest BCUT2D eigenvalue weighted by atomic mass is 19.4. The molecule has 0 unspecified atom stereocenters. The minimum Gasteiger partial charge on any atom is -0.326 e. The molecule has 3 nitrogen and oxygen atoms in total. The van der Waals surface area contributed by atoms with Crippen molar-refractivity contribution in [1.82, 2.24) is 5.32 Å². The molecule has 0 bridgehead atoms. The molecule has 6 heteroatoms. The topological polar surface area (TPSA) is 41.1 Å². The van der Waals surface area contributed by atoms with Gasteiger partial charge in [0.15, 0.2) is 0 Å². The minimum absolute atomic E-state index is 0.146. The highest BCUT2D eigenvalue weighted by Crippen LogP contribution is 2.36. The quantitative estimate of drug-likeness (QED) is 0.873. The summed E-state index contributed by atoms with van der Waals surface area (Å²) in [6.45, 7) is 1.73. The molecule has 0 heterocycles. The SMILES string of the molecule is CNCCc1cccc(C(F)(F)F)c1NC(C)=O. The molecule has 0 atom stereocenters. The van der Waals surface area contributed by atoms with Crippen LogP contribution in [-0.4, -0.2) is 19.5 Å². The lowest BCUT2D eigenvalue weighted by atomic mass is 10.0. The fraction of sp³-hybridized carbons (Fsp3) is 0.417. The molecule has 1 rings (SSSR count). The Bertz CT molecular complexity index is 430. The summed E-state index contributed by atoms with van der Waals surface area (Å²) in [6.07, 6.45) is -4.07. The molecule has 1 aromatic rings. The molecule has 0 fully saturated rings. The molecular formula is C12H15F3N2O. The van der Waals surface area contributed by atoms with Crippen molar-refractivity contribution < 1.29 is 18.0 Å². The molecule has 0 saturated carbocycles. The zero-order chi connectivity index (χ0) is 13.8. The molecule has 1 aromatic carbocycles. The first-order valence-electron chi connectivity index (χ1n) is 5.47. The molecule has 1 amide bonds. The van der Waals surface area contributed by atoms with Crippen LogP contribution in [0.2, 0.25) is 0 Å². The Labute approximate surface area is 103 Å². The summed E-state index contributed by atoms with van der Waals surface area (Å²) in [5.41, 5.74) is -0.492. The second-order valence-electron chi connectivity index (χ2n) is 3.87. The van der Waals surface area contributed by atoms with Gasteiger partial charge < -0.3 is 10.6 Å². The first-order chi connectivity index (χ1) is 8.36. The third-order valence-electron chi connectivity index (χ3n) is 2.40. The predicted octanol–water partition coefficient (Wildman–Crippen LogP) is 2.43. The van der Waals surface area contributed by atoms with Crippen molar-refractivity contribution in [2.75, 3.05) is 18.9 Å². The van der Waals surface area contributed by atoms with Gasteiger partial charge in [0.2, 0.25) is 5.91 Å². The number of anilines is 1. The van der Waals surface area contributed by atoms with Gasteiger partial charge in [0, 0.05) is 6.92 Å². The van der Waals surface area contributed by atoms with Crippen molar-refractivity contribution in [2.45, 2.75) is 19.5 Å². The lowest BCUT2D eigenvalue weighted by Gasteiger charge is -2.17. The number of hydrogen-bond donors (Lipinski definition) is 2. The molecular weight excluding hydrogens is 245 g/mol. The molecule has 2 N–H and O–H groups in total.